The van der Waals surface area contributed by atoms with Crippen LogP contribution in [0.4, 0.5) is 0 Å². The van der Waals surface area contributed by atoms with Gasteiger partial charge in [0.25, 0.3) is 0 Å². The molecule has 0 spiro atoms. The van der Waals surface area contributed by atoms with Gasteiger partial charge in [0.05, 0.1) is 18.6 Å². The largest absolute Gasteiger partial charge is 0.480 e. The zero-order chi connectivity index (χ0) is 25.0. The van der Waals surface area contributed by atoms with E-state index in [0.717, 1.165) is 5.56 Å². The van der Waals surface area contributed by atoms with Crippen molar-refractivity contribution in [3.63, 3.8) is 0 Å². The molecule has 0 radical (unpaired) electrons. The average Bonchev–Trinajstić information content (AvgIpc) is 2.75. The SMILES string of the molecule is CCC(C[C@H](O)[C@H](Cc1ccccc1)NC(=O)CC(NC(C)=O)C(=O)O)C(=O)NCC(C)C. The number of hydrogen-bond acceptors (Lipinski definition) is 5. The Morgan fingerprint density at radius 2 is 1.67 bits per heavy atom. The number of aliphatic carboxylic acids is 1. The molecule has 9 heteroatoms. The number of carboxylic acid groups (broad SMARTS) is 1. The summed E-state index contributed by atoms with van der Waals surface area (Å²) >= 11 is 0. The molecular weight excluding hydrogens is 426 g/mol. The lowest BCUT2D eigenvalue weighted by atomic mass is 9.91. The van der Waals surface area contributed by atoms with Crippen LogP contribution in [0.25, 0.3) is 0 Å². The van der Waals surface area contributed by atoms with E-state index in [1.54, 1.807) is 0 Å². The summed E-state index contributed by atoms with van der Waals surface area (Å²) in [6.07, 6.45) is -0.537. The molecule has 9 nitrogen and oxygen atoms in total. The number of carboxylic acids is 1. The van der Waals surface area contributed by atoms with E-state index in [1.807, 2.05) is 51.1 Å². The summed E-state index contributed by atoms with van der Waals surface area (Å²) in [7, 11) is 0. The van der Waals surface area contributed by atoms with Gasteiger partial charge in [0.1, 0.15) is 6.04 Å². The zero-order valence-electron chi connectivity index (χ0n) is 19.8. The number of carbonyl (C=O) groups is 4. The third-order valence-electron chi connectivity index (χ3n) is 5.25. The Labute approximate surface area is 195 Å². The van der Waals surface area contributed by atoms with Gasteiger partial charge in [-0.2, -0.15) is 0 Å². The summed E-state index contributed by atoms with van der Waals surface area (Å²) < 4.78 is 0. The highest BCUT2D eigenvalue weighted by atomic mass is 16.4. The lowest BCUT2D eigenvalue weighted by Crippen LogP contribution is -2.49. The van der Waals surface area contributed by atoms with Gasteiger partial charge in [-0.25, -0.2) is 4.79 Å². The first kappa shape index (κ1) is 28.1. The smallest absolute Gasteiger partial charge is 0.326 e. The second kappa shape index (κ2) is 14.3. The van der Waals surface area contributed by atoms with Gasteiger partial charge < -0.3 is 26.2 Å². The topological polar surface area (TPSA) is 145 Å². The molecule has 0 aliphatic heterocycles. The molecule has 5 N–H and O–H groups in total. The fourth-order valence-electron chi connectivity index (χ4n) is 3.41. The number of carbonyl (C=O) groups excluding carboxylic acids is 3. The van der Waals surface area contributed by atoms with Gasteiger partial charge in [-0.3, -0.25) is 14.4 Å². The molecule has 2 unspecified atom stereocenters. The maximum absolute atomic E-state index is 12.6. The molecule has 3 amide bonds. The third kappa shape index (κ3) is 11.0. The van der Waals surface area contributed by atoms with E-state index in [2.05, 4.69) is 16.0 Å². The molecule has 184 valence electrons. The Balaban J connectivity index is 2.93. The predicted molar refractivity (Wildman–Crippen MR) is 124 cm³/mol. The van der Waals surface area contributed by atoms with Crippen LogP contribution in [-0.2, 0) is 25.6 Å². The van der Waals surface area contributed by atoms with Gasteiger partial charge in [-0.1, -0.05) is 51.1 Å². The molecule has 33 heavy (non-hydrogen) atoms. The number of hydrogen-bond donors (Lipinski definition) is 5. The van der Waals surface area contributed by atoms with Crippen molar-refractivity contribution in [2.45, 2.75) is 71.6 Å². The fourth-order valence-corrected chi connectivity index (χ4v) is 3.41. The van der Waals surface area contributed by atoms with Crippen LogP contribution in [0, 0.1) is 11.8 Å². The van der Waals surface area contributed by atoms with Gasteiger partial charge in [0.2, 0.25) is 17.7 Å². The summed E-state index contributed by atoms with van der Waals surface area (Å²) in [6, 6.07) is 7.13. The molecule has 0 saturated carbocycles. The number of aliphatic hydroxyl groups excluding tert-OH is 1. The highest BCUT2D eigenvalue weighted by molar-refractivity contribution is 5.88. The monoisotopic (exact) mass is 463 g/mol. The number of benzene rings is 1. The Bertz CT molecular complexity index is 784. The van der Waals surface area contributed by atoms with Crippen LogP contribution >= 0.6 is 0 Å². The third-order valence-corrected chi connectivity index (χ3v) is 5.25. The molecule has 0 fully saturated rings. The molecule has 0 aromatic heterocycles. The van der Waals surface area contributed by atoms with Crippen molar-refractivity contribution in [2.24, 2.45) is 11.8 Å². The maximum Gasteiger partial charge on any atom is 0.326 e. The highest BCUT2D eigenvalue weighted by Crippen LogP contribution is 2.17. The van der Waals surface area contributed by atoms with Crippen LogP contribution < -0.4 is 16.0 Å². The highest BCUT2D eigenvalue weighted by Gasteiger charge is 2.29. The molecular formula is C24H37N3O6. The second-order valence-electron chi connectivity index (χ2n) is 8.71. The first-order valence-electron chi connectivity index (χ1n) is 11.3. The van der Waals surface area contributed by atoms with E-state index in [9.17, 15) is 29.4 Å². The average molecular weight is 464 g/mol. The van der Waals surface area contributed by atoms with Crippen LogP contribution in [0.3, 0.4) is 0 Å². The van der Waals surface area contributed by atoms with Gasteiger partial charge in [-0.15, -0.1) is 0 Å². The van der Waals surface area contributed by atoms with E-state index in [1.165, 1.54) is 6.92 Å². The Morgan fingerprint density at radius 3 is 2.18 bits per heavy atom. The minimum Gasteiger partial charge on any atom is -0.480 e. The first-order valence-corrected chi connectivity index (χ1v) is 11.3. The van der Waals surface area contributed by atoms with Gasteiger partial charge >= 0.3 is 5.97 Å². The molecule has 0 heterocycles. The molecule has 1 aromatic carbocycles. The van der Waals surface area contributed by atoms with E-state index in [0.29, 0.717) is 25.3 Å². The number of nitrogens with one attached hydrogen (secondary N) is 3. The van der Waals surface area contributed by atoms with Gasteiger partial charge in [0, 0.05) is 19.4 Å². The summed E-state index contributed by atoms with van der Waals surface area (Å²) in [5.41, 5.74) is 0.871. The van der Waals surface area contributed by atoms with Crippen molar-refractivity contribution < 1.29 is 29.4 Å². The van der Waals surface area contributed by atoms with Crippen LogP contribution in [0.1, 0.15) is 52.5 Å². The lowest BCUT2D eigenvalue weighted by molar-refractivity contribution is -0.143. The maximum atomic E-state index is 12.6. The molecule has 4 atom stereocenters. The van der Waals surface area contributed by atoms with Crippen LogP contribution in [0.2, 0.25) is 0 Å². The van der Waals surface area contributed by atoms with Crippen LogP contribution in [0.5, 0.6) is 0 Å². The molecule has 0 aliphatic rings. The zero-order valence-corrected chi connectivity index (χ0v) is 19.8. The Morgan fingerprint density at radius 1 is 1.03 bits per heavy atom. The van der Waals surface area contributed by atoms with Crippen molar-refractivity contribution in [3.05, 3.63) is 35.9 Å². The molecule has 0 bridgehead atoms. The number of rotatable bonds is 14. The first-order chi connectivity index (χ1) is 15.5. The van der Waals surface area contributed by atoms with Crippen molar-refractivity contribution >= 4 is 23.7 Å². The van der Waals surface area contributed by atoms with E-state index in [4.69, 9.17) is 0 Å². The summed E-state index contributed by atoms with van der Waals surface area (Å²) in [6.45, 7) is 7.56. The number of amides is 3. The Kier molecular flexibility index (Phi) is 12.1. The van der Waals surface area contributed by atoms with Crippen LogP contribution in [-0.4, -0.2) is 58.6 Å². The van der Waals surface area contributed by atoms with E-state index < -0.39 is 48.3 Å². The van der Waals surface area contributed by atoms with Crippen molar-refractivity contribution in [1.82, 2.24) is 16.0 Å². The standard InChI is InChI=1S/C24H37N3O6/c1-5-18(23(31)25-14-15(2)3)12-21(29)19(11-17-9-7-6-8-10-17)27-22(30)13-20(24(32)33)26-16(4)28/h6-10,15,18-21,29H,5,11-14H2,1-4H3,(H,25,31)(H,26,28)(H,27,30)(H,32,33)/t18?,19-,20?,21-/m0/s1. The minimum atomic E-state index is -1.37. The quantitative estimate of drug-likeness (QED) is 0.281. The normalized spacial score (nSPS) is 14.6. The summed E-state index contributed by atoms with van der Waals surface area (Å²) in [5.74, 6) is -2.78. The van der Waals surface area contributed by atoms with Crippen molar-refractivity contribution in [3.8, 4) is 0 Å². The van der Waals surface area contributed by atoms with Crippen molar-refractivity contribution in [1.29, 1.82) is 0 Å². The van der Waals surface area contributed by atoms with Crippen LogP contribution in [0.15, 0.2) is 30.3 Å². The van der Waals surface area contributed by atoms with Gasteiger partial charge in [-0.05, 0) is 30.7 Å². The summed E-state index contributed by atoms with van der Waals surface area (Å²) in [5, 5.41) is 28.0. The lowest BCUT2D eigenvalue weighted by Gasteiger charge is -2.28. The minimum absolute atomic E-state index is 0.145. The number of aliphatic hydroxyl groups is 1. The molecule has 0 saturated heterocycles. The molecule has 1 rings (SSSR count). The molecule has 0 aliphatic carbocycles. The van der Waals surface area contributed by atoms with Crippen molar-refractivity contribution in [2.75, 3.05) is 6.54 Å². The predicted octanol–water partition coefficient (Wildman–Crippen LogP) is 1.24. The van der Waals surface area contributed by atoms with E-state index in [-0.39, 0.29) is 12.3 Å². The Hall–Kier alpha value is -2.94. The summed E-state index contributed by atoms with van der Waals surface area (Å²) in [4.78, 5) is 47.7. The fraction of sp³-hybridized carbons (Fsp3) is 0.583. The molecule has 1 aromatic rings. The van der Waals surface area contributed by atoms with E-state index >= 15 is 0 Å². The second-order valence-corrected chi connectivity index (χ2v) is 8.71. The van der Waals surface area contributed by atoms with Gasteiger partial charge in [0.15, 0.2) is 0 Å².